The predicted molar refractivity (Wildman–Crippen MR) is 64.3 cm³/mol. The lowest BCUT2D eigenvalue weighted by Gasteiger charge is -2.00. The van der Waals surface area contributed by atoms with E-state index in [2.05, 4.69) is 18.5 Å². The highest BCUT2D eigenvalue weighted by Gasteiger charge is 2.02. The Morgan fingerprint density at radius 1 is 1.47 bits per heavy atom. The molecule has 1 rings (SSSR count). The molecule has 1 N–H and O–H groups in total. The van der Waals surface area contributed by atoms with Crippen LogP contribution in [0.25, 0.3) is 0 Å². The summed E-state index contributed by atoms with van der Waals surface area (Å²) in [6, 6.07) is 5.08. The quantitative estimate of drug-likeness (QED) is 0.596. The van der Waals surface area contributed by atoms with Crippen LogP contribution in [0.5, 0.6) is 0 Å². The van der Waals surface area contributed by atoms with Gasteiger partial charge in [0.25, 0.3) is 0 Å². The molecule has 0 heterocycles. The van der Waals surface area contributed by atoms with Crippen LogP contribution in [-0.2, 0) is 11.2 Å². The molecular weight excluding hydrogens is 208 g/mol. The Balaban J connectivity index is 0.000000921. The van der Waals surface area contributed by atoms with Gasteiger partial charge in [-0.25, -0.2) is 0 Å². The number of rotatable bonds is 2. The zero-order chi connectivity index (χ0) is 11.8. The van der Waals surface area contributed by atoms with Gasteiger partial charge in [-0.3, -0.25) is 4.79 Å². The summed E-state index contributed by atoms with van der Waals surface area (Å²) >= 11 is 4.11. The van der Waals surface area contributed by atoms with Crippen molar-refractivity contribution < 1.29 is 9.90 Å². The number of carboxylic acids is 1. The summed E-state index contributed by atoms with van der Waals surface area (Å²) in [5.74, 6) is 1.57. The van der Waals surface area contributed by atoms with Gasteiger partial charge in [0.05, 0.1) is 6.42 Å². The fraction of sp³-hybridized carbons (Fsp3) is 0.250. The van der Waals surface area contributed by atoms with E-state index < -0.39 is 5.97 Å². The Bertz CT molecular complexity index is 378. The van der Waals surface area contributed by atoms with Crippen LogP contribution < -0.4 is 0 Å². The molecule has 0 aliphatic carbocycles. The summed E-state index contributed by atoms with van der Waals surface area (Å²) in [7, 11) is 0. The van der Waals surface area contributed by atoms with Crippen molar-refractivity contribution in [2.24, 2.45) is 0 Å². The SMILES string of the molecule is C#Cc1cc(S)cc(CC(=O)O)c1.CC. The van der Waals surface area contributed by atoms with E-state index in [0.29, 0.717) is 16.0 Å². The third kappa shape index (κ3) is 5.14. The number of benzene rings is 1. The largest absolute Gasteiger partial charge is 0.481 e. The molecule has 0 aliphatic heterocycles. The molecule has 1 aromatic carbocycles. The Kier molecular flexibility index (Phi) is 6.32. The minimum atomic E-state index is -0.873. The van der Waals surface area contributed by atoms with Crippen molar-refractivity contribution in [3.05, 3.63) is 29.3 Å². The lowest BCUT2D eigenvalue weighted by molar-refractivity contribution is -0.136. The first-order valence-electron chi connectivity index (χ1n) is 4.63. The van der Waals surface area contributed by atoms with E-state index in [1.807, 2.05) is 13.8 Å². The smallest absolute Gasteiger partial charge is 0.307 e. The molecule has 0 fully saturated rings. The van der Waals surface area contributed by atoms with Crippen LogP contribution in [0.2, 0.25) is 0 Å². The Morgan fingerprint density at radius 3 is 2.53 bits per heavy atom. The van der Waals surface area contributed by atoms with Crippen LogP contribution in [-0.4, -0.2) is 11.1 Å². The zero-order valence-corrected chi connectivity index (χ0v) is 9.71. The third-order valence-corrected chi connectivity index (χ3v) is 1.76. The van der Waals surface area contributed by atoms with Gasteiger partial charge in [0.2, 0.25) is 0 Å². The Hall–Kier alpha value is -1.40. The molecule has 2 nitrogen and oxygen atoms in total. The Labute approximate surface area is 95.7 Å². The van der Waals surface area contributed by atoms with Gasteiger partial charge in [-0.15, -0.1) is 19.1 Å². The Morgan fingerprint density at radius 2 is 2.07 bits per heavy atom. The number of thiol groups is 1. The first kappa shape index (κ1) is 13.6. The molecule has 0 aliphatic rings. The molecule has 0 unspecified atom stereocenters. The molecule has 0 amide bonds. The summed E-state index contributed by atoms with van der Waals surface area (Å²) in [6.07, 6.45) is 5.16. The van der Waals surface area contributed by atoms with Gasteiger partial charge in [0.1, 0.15) is 0 Å². The van der Waals surface area contributed by atoms with Crippen LogP contribution in [0.3, 0.4) is 0 Å². The van der Waals surface area contributed by atoms with Crippen LogP contribution in [0.4, 0.5) is 0 Å². The van der Waals surface area contributed by atoms with Crippen LogP contribution >= 0.6 is 12.6 Å². The molecule has 0 saturated heterocycles. The second-order valence-corrected chi connectivity index (χ2v) is 3.12. The van der Waals surface area contributed by atoms with Crippen molar-refractivity contribution >= 4 is 18.6 Å². The van der Waals surface area contributed by atoms with Crippen LogP contribution in [0.1, 0.15) is 25.0 Å². The van der Waals surface area contributed by atoms with E-state index in [-0.39, 0.29) is 6.42 Å². The number of hydrogen-bond donors (Lipinski definition) is 2. The number of terminal acetylenes is 1. The minimum Gasteiger partial charge on any atom is -0.481 e. The van der Waals surface area contributed by atoms with Crippen molar-refractivity contribution in [3.63, 3.8) is 0 Å². The van der Waals surface area contributed by atoms with E-state index in [1.165, 1.54) is 0 Å². The molecule has 1 aromatic rings. The molecule has 0 spiro atoms. The maximum Gasteiger partial charge on any atom is 0.307 e. The third-order valence-electron chi connectivity index (χ3n) is 1.50. The molecule has 3 heteroatoms. The maximum absolute atomic E-state index is 10.4. The van der Waals surface area contributed by atoms with E-state index in [0.717, 1.165) is 0 Å². The first-order valence-corrected chi connectivity index (χ1v) is 5.08. The van der Waals surface area contributed by atoms with Crippen molar-refractivity contribution in [1.29, 1.82) is 0 Å². The van der Waals surface area contributed by atoms with E-state index in [4.69, 9.17) is 11.5 Å². The summed E-state index contributed by atoms with van der Waals surface area (Å²) in [4.78, 5) is 11.1. The summed E-state index contributed by atoms with van der Waals surface area (Å²) in [5.41, 5.74) is 1.33. The molecule has 0 aromatic heterocycles. The second kappa shape index (κ2) is 6.97. The highest BCUT2D eigenvalue weighted by molar-refractivity contribution is 7.80. The van der Waals surface area contributed by atoms with Gasteiger partial charge in [0, 0.05) is 10.5 Å². The van der Waals surface area contributed by atoms with Crippen LogP contribution in [0, 0.1) is 12.3 Å². The fourth-order valence-corrected chi connectivity index (χ4v) is 1.34. The second-order valence-electron chi connectivity index (χ2n) is 2.60. The normalized spacial score (nSPS) is 8.40. The number of hydrogen-bond acceptors (Lipinski definition) is 2. The minimum absolute atomic E-state index is 0.0247. The highest BCUT2D eigenvalue weighted by Crippen LogP contribution is 2.13. The monoisotopic (exact) mass is 222 g/mol. The molecule has 0 radical (unpaired) electrons. The van der Waals surface area contributed by atoms with Gasteiger partial charge in [-0.2, -0.15) is 0 Å². The number of carboxylic acid groups (broad SMARTS) is 1. The van der Waals surface area contributed by atoms with Gasteiger partial charge >= 0.3 is 5.97 Å². The van der Waals surface area contributed by atoms with E-state index in [9.17, 15) is 4.79 Å². The average Bonchev–Trinajstić information content (AvgIpc) is 2.18. The highest BCUT2D eigenvalue weighted by atomic mass is 32.1. The number of aliphatic carboxylic acids is 1. The van der Waals surface area contributed by atoms with Gasteiger partial charge in [-0.05, 0) is 23.8 Å². The zero-order valence-electron chi connectivity index (χ0n) is 8.82. The lowest BCUT2D eigenvalue weighted by atomic mass is 10.1. The topological polar surface area (TPSA) is 37.3 Å². The van der Waals surface area contributed by atoms with E-state index >= 15 is 0 Å². The molecule has 0 atom stereocenters. The van der Waals surface area contributed by atoms with E-state index in [1.54, 1.807) is 18.2 Å². The summed E-state index contributed by atoms with van der Waals surface area (Å²) in [6.45, 7) is 4.00. The van der Waals surface area contributed by atoms with Gasteiger partial charge in [0.15, 0.2) is 0 Å². The lowest BCUT2D eigenvalue weighted by Crippen LogP contribution is -2.00. The fourth-order valence-electron chi connectivity index (χ4n) is 1.03. The van der Waals surface area contributed by atoms with Gasteiger partial charge in [-0.1, -0.05) is 19.8 Å². The van der Waals surface area contributed by atoms with Crippen molar-refractivity contribution in [2.75, 3.05) is 0 Å². The molecule has 15 heavy (non-hydrogen) atoms. The average molecular weight is 222 g/mol. The van der Waals surface area contributed by atoms with Gasteiger partial charge < -0.3 is 5.11 Å². The van der Waals surface area contributed by atoms with Crippen LogP contribution in [0.15, 0.2) is 23.1 Å². The standard InChI is InChI=1S/C10H8O2S.C2H6/c1-2-7-3-8(6-10(11)12)5-9(13)4-7;1-2/h1,3-5,13H,6H2,(H,11,12);1-2H3. The van der Waals surface area contributed by atoms with Crippen molar-refractivity contribution in [3.8, 4) is 12.3 Å². The molecule has 80 valence electrons. The predicted octanol–water partition coefficient (Wildman–Crippen LogP) is 2.61. The van der Waals surface area contributed by atoms with Crippen molar-refractivity contribution in [1.82, 2.24) is 0 Å². The first-order chi connectivity index (χ1) is 7.11. The molecular formula is C12H14O2S. The van der Waals surface area contributed by atoms with Crippen molar-refractivity contribution in [2.45, 2.75) is 25.2 Å². The summed E-state index contributed by atoms with van der Waals surface area (Å²) in [5, 5.41) is 8.54. The molecule has 0 bridgehead atoms. The molecule has 0 saturated carbocycles. The summed E-state index contributed by atoms with van der Waals surface area (Å²) < 4.78 is 0. The number of carbonyl (C=O) groups is 1. The maximum atomic E-state index is 10.4.